The van der Waals surface area contributed by atoms with E-state index in [-0.39, 0.29) is 6.03 Å². The third-order valence-corrected chi connectivity index (χ3v) is 2.77. The Kier molecular flexibility index (Phi) is 3.19. The summed E-state index contributed by atoms with van der Waals surface area (Å²) in [5, 5.41) is 15.2. The number of carbonyl (C=O) groups is 1. The van der Waals surface area contributed by atoms with Gasteiger partial charge in [-0.05, 0) is 24.6 Å². The van der Waals surface area contributed by atoms with Gasteiger partial charge in [0.2, 0.25) is 0 Å². The highest BCUT2D eigenvalue weighted by molar-refractivity contribution is 5.93. The van der Waals surface area contributed by atoms with Crippen molar-refractivity contribution in [1.29, 1.82) is 0 Å². The van der Waals surface area contributed by atoms with Gasteiger partial charge in [-0.15, -0.1) is 0 Å². The number of hydrogen-bond donors (Lipinski definition) is 3. The van der Waals surface area contributed by atoms with E-state index in [1.165, 1.54) is 0 Å². The van der Waals surface area contributed by atoms with Crippen molar-refractivity contribution in [2.24, 2.45) is 0 Å². The van der Waals surface area contributed by atoms with Gasteiger partial charge >= 0.3 is 6.03 Å². The molecule has 92 valence electrons. The molecule has 0 spiro atoms. The smallest absolute Gasteiger partial charge is 0.322 e. The molecule has 5 nitrogen and oxygen atoms in total. The normalized spacial score (nSPS) is 16.2. The molecule has 1 aliphatic heterocycles. The fourth-order valence-corrected chi connectivity index (χ4v) is 1.92. The van der Waals surface area contributed by atoms with Crippen LogP contribution in [0.25, 0.3) is 0 Å². The molecule has 0 aliphatic carbocycles. The zero-order chi connectivity index (χ0) is 12.4. The predicted octanol–water partition coefficient (Wildman–Crippen LogP) is 1.46. The maximum Gasteiger partial charge on any atom is 0.322 e. The molecule has 1 aromatic carbocycles. The van der Waals surface area contributed by atoms with Crippen LogP contribution in [0.3, 0.4) is 0 Å². The molecule has 0 saturated carbocycles. The van der Waals surface area contributed by atoms with E-state index in [0.717, 1.165) is 16.9 Å². The lowest BCUT2D eigenvalue weighted by Crippen LogP contribution is -2.42. The summed E-state index contributed by atoms with van der Waals surface area (Å²) in [6, 6.07) is 5.70. The molecule has 3 N–H and O–H groups in total. The van der Waals surface area contributed by atoms with Crippen LogP contribution < -0.4 is 10.6 Å². The highest BCUT2D eigenvalue weighted by Gasteiger charge is 2.23. The Morgan fingerprint density at radius 2 is 2.35 bits per heavy atom. The predicted molar refractivity (Wildman–Crippen MR) is 67.1 cm³/mol. The summed E-state index contributed by atoms with van der Waals surface area (Å²) in [5.41, 5.74) is 2.86. The molecule has 0 bridgehead atoms. The van der Waals surface area contributed by atoms with Gasteiger partial charge in [-0.25, -0.2) is 4.79 Å². The van der Waals surface area contributed by atoms with Gasteiger partial charge in [0, 0.05) is 31.5 Å². The fourth-order valence-electron chi connectivity index (χ4n) is 1.92. The van der Waals surface area contributed by atoms with E-state index in [0.29, 0.717) is 13.1 Å². The number of carbonyl (C=O) groups excluding carboxylic acids is 1. The molecule has 0 fully saturated rings. The topological polar surface area (TPSA) is 64.6 Å². The molecule has 17 heavy (non-hydrogen) atoms. The Morgan fingerprint density at radius 1 is 1.59 bits per heavy atom. The Bertz CT molecular complexity index is 432. The number of hydrogen-bond acceptors (Lipinski definition) is 3. The molecule has 2 amide bonds. The van der Waals surface area contributed by atoms with E-state index in [2.05, 4.69) is 10.6 Å². The quantitative estimate of drug-likeness (QED) is 0.743. The first-order valence-corrected chi connectivity index (χ1v) is 5.65. The van der Waals surface area contributed by atoms with Crippen molar-refractivity contribution >= 4 is 17.4 Å². The van der Waals surface area contributed by atoms with Gasteiger partial charge in [-0.2, -0.15) is 0 Å². The van der Waals surface area contributed by atoms with Crippen LogP contribution in [-0.2, 0) is 6.54 Å². The minimum atomic E-state index is -0.515. The van der Waals surface area contributed by atoms with Crippen LogP contribution in [0.15, 0.2) is 18.2 Å². The number of β-amino-alcohol motifs (C(OH)–C–C–N with tert-alkyl or cyclic N) is 1. The van der Waals surface area contributed by atoms with Crippen LogP contribution in [0.2, 0.25) is 0 Å². The van der Waals surface area contributed by atoms with Crippen molar-refractivity contribution in [1.82, 2.24) is 4.90 Å². The molecule has 2 rings (SSSR count). The van der Waals surface area contributed by atoms with Crippen LogP contribution in [0.5, 0.6) is 0 Å². The molecular weight excluding hydrogens is 218 g/mol. The van der Waals surface area contributed by atoms with E-state index >= 15 is 0 Å². The average Bonchev–Trinajstić information content (AvgIpc) is 2.29. The van der Waals surface area contributed by atoms with Crippen molar-refractivity contribution < 1.29 is 9.90 Å². The molecule has 1 atom stereocenters. The second-order valence-corrected chi connectivity index (χ2v) is 4.28. The summed E-state index contributed by atoms with van der Waals surface area (Å²) >= 11 is 0. The number of nitrogens with zero attached hydrogens (tertiary/aromatic N) is 1. The minimum Gasteiger partial charge on any atom is -0.392 e. The summed E-state index contributed by atoms with van der Waals surface area (Å²) in [4.78, 5) is 13.4. The van der Waals surface area contributed by atoms with Crippen LogP contribution in [-0.4, -0.2) is 35.7 Å². The summed E-state index contributed by atoms with van der Waals surface area (Å²) < 4.78 is 0. The standard InChI is InChI=1S/C12H17N3O2/c1-8(16)6-15-7-9-3-4-10(13-2)5-11(9)14-12(15)17/h3-5,8,13,16H,6-7H2,1-2H3,(H,14,17). The molecule has 0 radical (unpaired) electrons. The first-order valence-electron chi connectivity index (χ1n) is 5.65. The molecule has 5 heteroatoms. The number of urea groups is 1. The average molecular weight is 235 g/mol. The van der Waals surface area contributed by atoms with Crippen molar-refractivity contribution in [3.8, 4) is 0 Å². The fraction of sp³-hybridized carbons (Fsp3) is 0.417. The number of aliphatic hydroxyl groups is 1. The number of fused-ring (bicyclic) bond motifs is 1. The van der Waals surface area contributed by atoms with E-state index in [4.69, 9.17) is 0 Å². The van der Waals surface area contributed by atoms with Gasteiger partial charge < -0.3 is 20.6 Å². The lowest BCUT2D eigenvalue weighted by Gasteiger charge is -2.30. The lowest BCUT2D eigenvalue weighted by molar-refractivity contribution is 0.134. The molecule has 0 aromatic heterocycles. The van der Waals surface area contributed by atoms with E-state index < -0.39 is 6.10 Å². The zero-order valence-corrected chi connectivity index (χ0v) is 10.0. The zero-order valence-electron chi connectivity index (χ0n) is 10.0. The third-order valence-electron chi connectivity index (χ3n) is 2.77. The molecule has 1 aliphatic rings. The van der Waals surface area contributed by atoms with E-state index in [1.807, 2.05) is 25.2 Å². The molecule has 1 aromatic rings. The monoisotopic (exact) mass is 235 g/mol. The molecule has 0 saturated heterocycles. The number of rotatable bonds is 3. The highest BCUT2D eigenvalue weighted by atomic mass is 16.3. The Hall–Kier alpha value is -1.75. The summed E-state index contributed by atoms with van der Waals surface area (Å²) in [6.07, 6.45) is -0.515. The number of anilines is 2. The minimum absolute atomic E-state index is 0.161. The van der Waals surface area contributed by atoms with Gasteiger partial charge in [0.25, 0.3) is 0 Å². The van der Waals surface area contributed by atoms with Gasteiger partial charge in [0.05, 0.1) is 6.10 Å². The first-order chi connectivity index (χ1) is 8.10. The second-order valence-electron chi connectivity index (χ2n) is 4.28. The number of aliphatic hydroxyl groups excluding tert-OH is 1. The third kappa shape index (κ3) is 2.50. The number of amides is 2. The molecular formula is C12H17N3O2. The van der Waals surface area contributed by atoms with Crippen molar-refractivity contribution in [2.75, 3.05) is 24.2 Å². The van der Waals surface area contributed by atoms with E-state index in [9.17, 15) is 9.90 Å². The van der Waals surface area contributed by atoms with Crippen LogP contribution in [0, 0.1) is 0 Å². The van der Waals surface area contributed by atoms with Crippen molar-refractivity contribution in [3.05, 3.63) is 23.8 Å². The van der Waals surface area contributed by atoms with Crippen LogP contribution in [0.1, 0.15) is 12.5 Å². The van der Waals surface area contributed by atoms with Gasteiger partial charge in [0.1, 0.15) is 0 Å². The summed E-state index contributed by atoms with van der Waals surface area (Å²) in [5.74, 6) is 0. The largest absolute Gasteiger partial charge is 0.392 e. The molecule has 1 heterocycles. The Morgan fingerprint density at radius 3 is 3.00 bits per heavy atom. The number of nitrogens with one attached hydrogen (secondary N) is 2. The maximum absolute atomic E-state index is 11.8. The maximum atomic E-state index is 11.8. The SMILES string of the molecule is CNc1ccc2c(c1)NC(=O)N(CC(C)O)C2. The second kappa shape index (κ2) is 4.63. The summed E-state index contributed by atoms with van der Waals surface area (Å²) in [7, 11) is 1.84. The Balaban J connectivity index is 2.21. The van der Waals surface area contributed by atoms with E-state index in [1.54, 1.807) is 11.8 Å². The Labute approximate surface area is 100 Å². The number of benzene rings is 1. The van der Waals surface area contributed by atoms with Gasteiger partial charge in [-0.3, -0.25) is 0 Å². The molecule has 1 unspecified atom stereocenters. The first kappa shape index (κ1) is 11.7. The lowest BCUT2D eigenvalue weighted by atomic mass is 10.1. The van der Waals surface area contributed by atoms with Gasteiger partial charge in [-0.1, -0.05) is 6.07 Å². The van der Waals surface area contributed by atoms with Crippen LogP contribution in [0.4, 0.5) is 16.2 Å². The van der Waals surface area contributed by atoms with Gasteiger partial charge in [0.15, 0.2) is 0 Å². The van der Waals surface area contributed by atoms with Crippen molar-refractivity contribution in [3.63, 3.8) is 0 Å². The van der Waals surface area contributed by atoms with Crippen molar-refractivity contribution in [2.45, 2.75) is 19.6 Å². The summed E-state index contributed by atoms with van der Waals surface area (Å²) in [6.45, 7) is 2.56. The highest BCUT2D eigenvalue weighted by Crippen LogP contribution is 2.26. The van der Waals surface area contributed by atoms with Crippen LogP contribution >= 0.6 is 0 Å².